The standard InChI is InChI=1S/C17H30N2O2/c1-13(2)9-14(3)21-12-17(20)11-18-15-7-6-8-16(10-15)19(4)5/h6-8,10,13-14,17-18,20H,9,11-12H2,1-5H3. The lowest BCUT2D eigenvalue weighted by molar-refractivity contribution is -0.00443. The first-order valence-electron chi connectivity index (χ1n) is 7.69. The van der Waals surface area contributed by atoms with Crippen molar-refractivity contribution in [2.45, 2.75) is 39.4 Å². The Labute approximate surface area is 129 Å². The fraction of sp³-hybridized carbons (Fsp3) is 0.647. The van der Waals surface area contributed by atoms with Gasteiger partial charge in [0.25, 0.3) is 0 Å². The van der Waals surface area contributed by atoms with Gasteiger partial charge < -0.3 is 20.1 Å². The molecule has 0 bridgehead atoms. The van der Waals surface area contributed by atoms with Gasteiger partial charge in [-0.15, -0.1) is 0 Å². The molecule has 4 nitrogen and oxygen atoms in total. The van der Waals surface area contributed by atoms with Crippen LogP contribution in [-0.4, -0.2) is 44.6 Å². The van der Waals surface area contributed by atoms with Gasteiger partial charge in [0.05, 0.1) is 18.8 Å². The number of hydrogen-bond acceptors (Lipinski definition) is 4. The number of benzene rings is 1. The van der Waals surface area contributed by atoms with E-state index in [0.717, 1.165) is 17.8 Å². The van der Waals surface area contributed by atoms with Crippen molar-refractivity contribution in [1.29, 1.82) is 0 Å². The Hall–Kier alpha value is -1.26. The van der Waals surface area contributed by atoms with Crippen LogP contribution in [0.25, 0.3) is 0 Å². The summed E-state index contributed by atoms with van der Waals surface area (Å²) in [6.45, 7) is 7.27. The summed E-state index contributed by atoms with van der Waals surface area (Å²) in [6, 6.07) is 8.13. The maximum absolute atomic E-state index is 9.97. The van der Waals surface area contributed by atoms with Gasteiger partial charge in [-0.1, -0.05) is 19.9 Å². The molecule has 0 radical (unpaired) electrons. The van der Waals surface area contributed by atoms with Crippen LogP contribution >= 0.6 is 0 Å². The van der Waals surface area contributed by atoms with Crippen LogP contribution in [0.5, 0.6) is 0 Å². The summed E-state index contributed by atoms with van der Waals surface area (Å²) < 4.78 is 5.67. The first-order valence-corrected chi connectivity index (χ1v) is 7.69. The van der Waals surface area contributed by atoms with Gasteiger partial charge >= 0.3 is 0 Å². The number of aliphatic hydroxyl groups is 1. The van der Waals surface area contributed by atoms with Crippen LogP contribution in [0.15, 0.2) is 24.3 Å². The fourth-order valence-corrected chi connectivity index (χ4v) is 2.20. The van der Waals surface area contributed by atoms with Crippen LogP contribution < -0.4 is 10.2 Å². The van der Waals surface area contributed by atoms with Gasteiger partial charge in [-0.25, -0.2) is 0 Å². The molecule has 4 heteroatoms. The van der Waals surface area contributed by atoms with Crippen molar-refractivity contribution in [3.05, 3.63) is 24.3 Å². The molecular formula is C17H30N2O2. The van der Waals surface area contributed by atoms with E-state index in [1.54, 1.807) is 0 Å². The van der Waals surface area contributed by atoms with E-state index < -0.39 is 6.10 Å². The lowest BCUT2D eigenvalue weighted by Crippen LogP contribution is -2.27. The zero-order chi connectivity index (χ0) is 15.8. The molecule has 0 amide bonds. The first-order chi connectivity index (χ1) is 9.88. The summed E-state index contributed by atoms with van der Waals surface area (Å²) in [7, 11) is 4.02. The smallest absolute Gasteiger partial charge is 0.0945 e. The van der Waals surface area contributed by atoms with Gasteiger partial charge in [0, 0.05) is 32.0 Å². The van der Waals surface area contributed by atoms with Crippen LogP contribution in [-0.2, 0) is 4.74 Å². The number of hydrogen-bond donors (Lipinski definition) is 2. The molecule has 1 aromatic rings. The highest BCUT2D eigenvalue weighted by atomic mass is 16.5. The summed E-state index contributed by atoms with van der Waals surface area (Å²) in [5.41, 5.74) is 2.15. The second kappa shape index (κ2) is 8.90. The second-order valence-electron chi connectivity index (χ2n) is 6.25. The van der Waals surface area contributed by atoms with Crippen LogP contribution in [0.2, 0.25) is 0 Å². The molecule has 0 aliphatic heterocycles. The molecule has 1 rings (SSSR count). The van der Waals surface area contributed by atoms with Crippen LogP contribution in [0.1, 0.15) is 27.2 Å². The quantitative estimate of drug-likeness (QED) is 0.735. The van der Waals surface area contributed by atoms with Crippen LogP contribution in [0, 0.1) is 5.92 Å². The molecular weight excluding hydrogens is 264 g/mol. The molecule has 0 aliphatic rings. The summed E-state index contributed by atoms with van der Waals surface area (Å²) in [5.74, 6) is 0.615. The molecule has 0 aromatic heterocycles. The minimum atomic E-state index is -0.498. The highest BCUT2D eigenvalue weighted by Crippen LogP contribution is 2.17. The van der Waals surface area contributed by atoms with Crippen LogP contribution in [0.3, 0.4) is 0 Å². The van der Waals surface area contributed by atoms with E-state index in [-0.39, 0.29) is 6.10 Å². The lowest BCUT2D eigenvalue weighted by Gasteiger charge is -2.19. The van der Waals surface area contributed by atoms with Crippen molar-refractivity contribution in [2.24, 2.45) is 5.92 Å². The van der Waals surface area contributed by atoms with Crippen molar-refractivity contribution < 1.29 is 9.84 Å². The van der Waals surface area contributed by atoms with Crippen molar-refractivity contribution in [2.75, 3.05) is 37.5 Å². The Morgan fingerprint density at radius 1 is 1.24 bits per heavy atom. The first kappa shape index (κ1) is 17.8. The third-order valence-electron chi connectivity index (χ3n) is 3.28. The van der Waals surface area contributed by atoms with E-state index >= 15 is 0 Å². The average molecular weight is 294 g/mol. The van der Waals surface area contributed by atoms with Gasteiger partial charge in [-0.3, -0.25) is 0 Å². The molecule has 2 unspecified atom stereocenters. The zero-order valence-corrected chi connectivity index (χ0v) is 14.0. The molecule has 0 aliphatic carbocycles. The Morgan fingerprint density at radius 2 is 1.95 bits per heavy atom. The molecule has 2 N–H and O–H groups in total. The van der Waals surface area contributed by atoms with Gasteiger partial charge in [-0.05, 0) is 37.5 Å². The minimum absolute atomic E-state index is 0.191. The molecule has 120 valence electrons. The molecule has 0 saturated carbocycles. The number of nitrogens with zero attached hydrogens (tertiary/aromatic N) is 1. The Balaban J connectivity index is 2.32. The van der Waals surface area contributed by atoms with Crippen molar-refractivity contribution in [3.63, 3.8) is 0 Å². The van der Waals surface area contributed by atoms with Gasteiger partial charge in [0.1, 0.15) is 0 Å². The topological polar surface area (TPSA) is 44.7 Å². The highest BCUT2D eigenvalue weighted by Gasteiger charge is 2.09. The van der Waals surface area contributed by atoms with Crippen molar-refractivity contribution in [3.8, 4) is 0 Å². The fourth-order valence-electron chi connectivity index (χ4n) is 2.20. The van der Waals surface area contributed by atoms with Gasteiger partial charge in [0.15, 0.2) is 0 Å². The van der Waals surface area contributed by atoms with E-state index in [9.17, 15) is 5.11 Å². The number of ether oxygens (including phenoxy) is 1. The SMILES string of the molecule is CC(C)CC(C)OCC(O)CNc1cccc(N(C)C)c1. The lowest BCUT2D eigenvalue weighted by atomic mass is 10.1. The normalized spacial score (nSPS) is 14.0. The number of nitrogens with one attached hydrogen (secondary N) is 1. The number of aliphatic hydroxyl groups excluding tert-OH is 1. The molecule has 0 saturated heterocycles. The Kier molecular flexibility index (Phi) is 7.54. The molecule has 0 heterocycles. The van der Waals surface area contributed by atoms with E-state index in [2.05, 4.69) is 43.1 Å². The molecule has 21 heavy (non-hydrogen) atoms. The summed E-state index contributed by atoms with van der Waals surface area (Å²) in [5, 5.41) is 13.2. The average Bonchev–Trinajstić information content (AvgIpc) is 2.42. The maximum Gasteiger partial charge on any atom is 0.0945 e. The monoisotopic (exact) mass is 294 g/mol. The molecule has 2 atom stereocenters. The van der Waals surface area contributed by atoms with E-state index in [1.165, 1.54) is 0 Å². The van der Waals surface area contributed by atoms with Crippen molar-refractivity contribution >= 4 is 11.4 Å². The maximum atomic E-state index is 9.97. The summed E-state index contributed by atoms with van der Waals surface area (Å²) in [6.07, 6.45) is 0.713. The van der Waals surface area contributed by atoms with Crippen LogP contribution in [0.4, 0.5) is 11.4 Å². The Bertz CT molecular complexity index is 408. The molecule has 0 fully saturated rings. The Morgan fingerprint density at radius 3 is 2.57 bits per heavy atom. The third kappa shape index (κ3) is 7.34. The number of anilines is 2. The predicted molar refractivity (Wildman–Crippen MR) is 90.1 cm³/mol. The second-order valence-corrected chi connectivity index (χ2v) is 6.25. The minimum Gasteiger partial charge on any atom is -0.389 e. The number of rotatable bonds is 9. The largest absolute Gasteiger partial charge is 0.389 e. The van der Waals surface area contributed by atoms with Crippen molar-refractivity contribution in [1.82, 2.24) is 0 Å². The zero-order valence-electron chi connectivity index (χ0n) is 14.0. The van der Waals surface area contributed by atoms with E-state index in [4.69, 9.17) is 4.74 Å². The summed E-state index contributed by atoms with van der Waals surface area (Å²) >= 11 is 0. The van der Waals surface area contributed by atoms with Gasteiger partial charge in [0.2, 0.25) is 0 Å². The van der Waals surface area contributed by atoms with Gasteiger partial charge in [-0.2, -0.15) is 0 Å². The predicted octanol–water partition coefficient (Wildman–Crippen LogP) is 2.98. The molecule has 0 spiro atoms. The highest BCUT2D eigenvalue weighted by molar-refractivity contribution is 5.57. The van der Waals surface area contributed by atoms with E-state index in [0.29, 0.717) is 19.1 Å². The molecule has 1 aromatic carbocycles. The summed E-state index contributed by atoms with van der Waals surface area (Å²) in [4.78, 5) is 2.05. The van der Waals surface area contributed by atoms with E-state index in [1.807, 2.05) is 26.2 Å². The third-order valence-corrected chi connectivity index (χ3v) is 3.28.